The van der Waals surface area contributed by atoms with E-state index in [-0.39, 0.29) is 5.91 Å². The molecule has 0 unspecified atom stereocenters. The predicted octanol–water partition coefficient (Wildman–Crippen LogP) is 3.64. The van der Waals surface area contributed by atoms with Gasteiger partial charge in [0.25, 0.3) is 5.91 Å². The van der Waals surface area contributed by atoms with E-state index in [1.807, 2.05) is 43.0 Å². The van der Waals surface area contributed by atoms with Crippen LogP contribution in [-0.2, 0) is 13.1 Å². The Bertz CT molecular complexity index is 1040. The molecule has 1 aliphatic heterocycles. The monoisotopic (exact) mass is 389 g/mol. The fraction of sp³-hybridized carbons (Fsp3) is 0.348. The molecule has 0 saturated heterocycles. The van der Waals surface area contributed by atoms with Gasteiger partial charge in [0.05, 0.1) is 11.9 Å². The van der Waals surface area contributed by atoms with Gasteiger partial charge >= 0.3 is 0 Å². The number of benzene rings is 1. The Morgan fingerprint density at radius 1 is 1.07 bits per heavy atom. The van der Waals surface area contributed by atoms with E-state index in [1.54, 1.807) is 4.90 Å². The zero-order chi connectivity index (χ0) is 20.4. The summed E-state index contributed by atoms with van der Waals surface area (Å²) in [5, 5.41) is 4.52. The van der Waals surface area contributed by atoms with Crippen molar-refractivity contribution in [3.8, 4) is 22.4 Å². The van der Waals surface area contributed by atoms with Gasteiger partial charge in [-0.3, -0.25) is 14.5 Å². The molecule has 2 aromatic heterocycles. The normalized spacial score (nSPS) is 13.2. The van der Waals surface area contributed by atoms with Crippen LogP contribution in [0, 0.1) is 6.92 Å². The Morgan fingerprint density at radius 3 is 2.76 bits per heavy atom. The van der Waals surface area contributed by atoms with Crippen molar-refractivity contribution >= 4 is 5.91 Å². The average Bonchev–Trinajstić information content (AvgIpc) is 3.30. The quantitative estimate of drug-likeness (QED) is 0.626. The van der Waals surface area contributed by atoms with Crippen molar-refractivity contribution in [3.05, 3.63) is 59.5 Å². The summed E-state index contributed by atoms with van der Waals surface area (Å²) in [7, 11) is 1.83. The number of aromatic nitrogens is 3. The highest BCUT2D eigenvalue weighted by molar-refractivity contribution is 5.99. The summed E-state index contributed by atoms with van der Waals surface area (Å²) in [6.45, 7) is 4.27. The number of hydrogen-bond acceptors (Lipinski definition) is 4. The Kier molecular flexibility index (Phi) is 5.45. The Hall–Kier alpha value is -2.99. The molecule has 0 bridgehead atoms. The molecule has 2 N–H and O–H groups in total. The van der Waals surface area contributed by atoms with Crippen LogP contribution in [0.2, 0.25) is 0 Å². The first-order valence-corrected chi connectivity index (χ1v) is 10.2. The van der Waals surface area contributed by atoms with E-state index in [1.165, 1.54) is 0 Å². The van der Waals surface area contributed by atoms with Crippen LogP contribution in [0.1, 0.15) is 40.9 Å². The zero-order valence-corrected chi connectivity index (χ0v) is 17.1. The molecule has 3 aromatic rings. The Labute approximate surface area is 171 Å². The highest BCUT2D eigenvalue weighted by Crippen LogP contribution is 2.33. The van der Waals surface area contributed by atoms with Crippen molar-refractivity contribution in [2.75, 3.05) is 13.6 Å². The summed E-state index contributed by atoms with van der Waals surface area (Å²) in [6.07, 6.45) is 7.19. The van der Waals surface area contributed by atoms with Crippen LogP contribution >= 0.6 is 0 Å². The van der Waals surface area contributed by atoms with E-state index < -0.39 is 0 Å². The van der Waals surface area contributed by atoms with Crippen molar-refractivity contribution in [2.45, 2.75) is 39.3 Å². The maximum absolute atomic E-state index is 12.4. The number of rotatable bonds is 7. The van der Waals surface area contributed by atoms with Gasteiger partial charge in [0, 0.05) is 54.3 Å². The largest absolute Gasteiger partial charge is 0.337 e. The van der Waals surface area contributed by atoms with Crippen LogP contribution in [0.4, 0.5) is 0 Å². The topological polar surface area (TPSA) is 77.0 Å². The molecular formula is C23H27N5O. The molecule has 1 aromatic carbocycles. The van der Waals surface area contributed by atoms with Crippen molar-refractivity contribution in [3.63, 3.8) is 0 Å². The third-order valence-corrected chi connectivity index (χ3v) is 5.44. The number of unbranched alkanes of at least 4 members (excludes halogenated alkanes) is 2. The second-order valence-corrected chi connectivity index (χ2v) is 7.72. The molecule has 0 aliphatic carbocycles. The molecule has 4 rings (SSSR count). The molecule has 0 atom stereocenters. The minimum atomic E-state index is 0.0707. The van der Waals surface area contributed by atoms with Gasteiger partial charge in [-0.2, -0.15) is 5.10 Å². The number of aryl methyl sites for hydroxylation is 2. The molecule has 3 heterocycles. The molecule has 29 heavy (non-hydrogen) atoms. The first-order valence-electron chi connectivity index (χ1n) is 10.2. The number of amides is 1. The number of nitrogens with zero attached hydrogens (tertiary/aromatic N) is 4. The summed E-state index contributed by atoms with van der Waals surface area (Å²) in [4.78, 5) is 19.0. The third kappa shape index (κ3) is 3.93. The van der Waals surface area contributed by atoms with Gasteiger partial charge in [0.15, 0.2) is 0 Å². The lowest BCUT2D eigenvalue weighted by atomic mass is 9.98. The van der Waals surface area contributed by atoms with Gasteiger partial charge in [0.1, 0.15) is 0 Å². The third-order valence-electron chi connectivity index (χ3n) is 5.44. The van der Waals surface area contributed by atoms with Crippen LogP contribution < -0.4 is 5.73 Å². The zero-order valence-electron chi connectivity index (χ0n) is 17.1. The van der Waals surface area contributed by atoms with E-state index >= 15 is 0 Å². The highest BCUT2D eigenvalue weighted by Gasteiger charge is 2.25. The molecule has 6 nitrogen and oxygen atoms in total. The van der Waals surface area contributed by atoms with E-state index in [4.69, 9.17) is 10.7 Å². The fourth-order valence-electron chi connectivity index (χ4n) is 3.82. The minimum Gasteiger partial charge on any atom is -0.337 e. The minimum absolute atomic E-state index is 0.0707. The second kappa shape index (κ2) is 8.17. The molecule has 0 fully saturated rings. The van der Waals surface area contributed by atoms with Gasteiger partial charge in [-0.15, -0.1) is 0 Å². The fourth-order valence-corrected chi connectivity index (χ4v) is 3.82. The van der Waals surface area contributed by atoms with Crippen LogP contribution in [0.25, 0.3) is 22.4 Å². The number of hydrogen-bond donors (Lipinski definition) is 1. The first kappa shape index (κ1) is 19.3. The van der Waals surface area contributed by atoms with E-state index in [0.717, 1.165) is 71.6 Å². The van der Waals surface area contributed by atoms with E-state index in [9.17, 15) is 4.79 Å². The predicted molar refractivity (Wildman–Crippen MR) is 114 cm³/mol. The lowest BCUT2D eigenvalue weighted by Crippen LogP contribution is -2.17. The second-order valence-electron chi connectivity index (χ2n) is 7.72. The Morgan fingerprint density at radius 2 is 1.93 bits per heavy atom. The maximum atomic E-state index is 12.4. The number of nitrogens with two attached hydrogens (primary N) is 1. The lowest BCUT2D eigenvalue weighted by molar-refractivity contribution is 0.0816. The SMILES string of the molecule is Cc1ccc(-c2cnn(CCCCCN)c2)c(-c2ccc3c(c2)C(=O)N(C)C3)n1. The summed E-state index contributed by atoms with van der Waals surface area (Å²) in [5.74, 6) is 0.0707. The molecule has 150 valence electrons. The van der Waals surface area contributed by atoms with E-state index in [2.05, 4.69) is 23.4 Å². The van der Waals surface area contributed by atoms with Crippen LogP contribution in [0.3, 0.4) is 0 Å². The molecule has 1 amide bonds. The van der Waals surface area contributed by atoms with Gasteiger partial charge in [-0.05, 0) is 44.0 Å². The molecular weight excluding hydrogens is 362 g/mol. The number of carbonyl (C=O) groups excluding carboxylic acids is 1. The van der Waals surface area contributed by atoms with Crippen molar-refractivity contribution < 1.29 is 4.79 Å². The van der Waals surface area contributed by atoms with Crippen LogP contribution in [0.15, 0.2) is 42.7 Å². The molecule has 0 saturated carbocycles. The van der Waals surface area contributed by atoms with Crippen molar-refractivity contribution in [2.24, 2.45) is 5.73 Å². The Balaban J connectivity index is 1.66. The van der Waals surface area contributed by atoms with Gasteiger partial charge in [-0.25, -0.2) is 0 Å². The summed E-state index contributed by atoms with van der Waals surface area (Å²) >= 11 is 0. The van der Waals surface area contributed by atoms with Gasteiger partial charge in [0.2, 0.25) is 0 Å². The lowest BCUT2D eigenvalue weighted by Gasteiger charge is -2.10. The first-order chi connectivity index (χ1) is 14.1. The smallest absolute Gasteiger partial charge is 0.254 e. The molecule has 6 heteroatoms. The molecule has 0 spiro atoms. The number of fused-ring (bicyclic) bond motifs is 1. The average molecular weight is 390 g/mol. The molecule has 0 radical (unpaired) electrons. The van der Waals surface area contributed by atoms with Crippen LogP contribution in [0.5, 0.6) is 0 Å². The van der Waals surface area contributed by atoms with Gasteiger partial charge in [-0.1, -0.05) is 24.6 Å². The summed E-state index contributed by atoms with van der Waals surface area (Å²) in [6, 6.07) is 10.2. The van der Waals surface area contributed by atoms with Gasteiger partial charge < -0.3 is 10.6 Å². The van der Waals surface area contributed by atoms with Crippen molar-refractivity contribution in [1.82, 2.24) is 19.7 Å². The summed E-state index contributed by atoms with van der Waals surface area (Å²) in [5.41, 5.74) is 12.3. The molecule has 1 aliphatic rings. The standard InChI is InChI=1S/C23H27N5O/c1-16-6-9-20(19-13-25-28(15-19)11-5-3-4-10-24)22(26-16)17-7-8-18-14-27(2)23(29)21(18)12-17/h6-9,12-13,15H,3-5,10-11,14,24H2,1-2H3. The highest BCUT2D eigenvalue weighted by atomic mass is 16.2. The summed E-state index contributed by atoms with van der Waals surface area (Å²) < 4.78 is 1.98. The van der Waals surface area contributed by atoms with Crippen molar-refractivity contribution in [1.29, 1.82) is 0 Å². The van der Waals surface area contributed by atoms with E-state index in [0.29, 0.717) is 6.54 Å². The maximum Gasteiger partial charge on any atom is 0.254 e. The number of pyridine rings is 1. The number of carbonyl (C=O) groups is 1. The van der Waals surface area contributed by atoms with Crippen LogP contribution in [-0.4, -0.2) is 39.2 Å².